The Morgan fingerprint density at radius 3 is 2.24 bits per heavy atom. The Balaban J connectivity index is 2.75. The molecule has 21 heavy (non-hydrogen) atoms. The highest BCUT2D eigenvalue weighted by Gasteiger charge is 2.34. The minimum atomic E-state index is -4.61. The second-order valence-corrected chi connectivity index (χ2v) is 4.20. The number of carbonyl (C=O) groups excluding carboxylic acids is 1. The van der Waals surface area contributed by atoms with Gasteiger partial charge in [0.2, 0.25) is 0 Å². The van der Waals surface area contributed by atoms with Gasteiger partial charge in [-0.3, -0.25) is 0 Å². The van der Waals surface area contributed by atoms with Crippen molar-refractivity contribution in [1.29, 1.82) is 0 Å². The summed E-state index contributed by atoms with van der Waals surface area (Å²) in [4.78, 5) is 11.6. The van der Waals surface area contributed by atoms with Crippen LogP contribution in [-0.4, -0.2) is 13.1 Å². The Kier molecular flexibility index (Phi) is 3.97. The van der Waals surface area contributed by atoms with Crippen LogP contribution in [0.3, 0.4) is 0 Å². The lowest BCUT2D eigenvalue weighted by Gasteiger charge is -2.15. The average molecular weight is 298 g/mol. The Labute approximate surface area is 118 Å². The number of methoxy groups -OCH3 is 1. The number of halogens is 4. The molecule has 0 fully saturated rings. The summed E-state index contributed by atoms with van der Waals surface area (Å²) < 4.78 is 57.4. The fourth-order valence-corrected chi connectivity index (χ4v) is 2.02. The summed E-state index contributed by atoms with van der Waals surface area (Å²) in [6.07, 6.45) is -4.61. The molecule has 110 valence electrons. The molecule has 0 aromatic heterocycles. The van der Waals surface area contributed by atoms with Gasteiger partial charge in [0.25, 0.3) is 0 Å². The van der Waals surface area contributed by atoms with E-state index < -0.39 is 29.1 Å². The zero-order valence-corrected chi connectivity index (χ0v) is 10.9. The third kappa shape index (κ3) is 2.89. The van der Waals surface area contributed by atoms with Gasteiger partial charge in [0.1, 0.15) is 11.4 Å². The van der Waals surface area contributed by atoms with Crippen molar-refractivity contribution < 1.29 is 27.1 Å². The standard InChI is InChI=1S/C15H10F4O2/c1-21-14(20)13-10(6-4-8-12(13)16)9-5-2-3-7-11(9)15(17,18)19/h2-8H,1H3. The van der Waals surface area contributed by atoms with Gasteiger partial charge in [-0.25, -0.2) is 9.18 Å². The number of benzene rings is 2. The average Bonchev–Trinajstić information content (AvgIpc) is 2.45. The van der Waals surface area contributed by atoms with Gasteiger partial charge >= 0.3 is 12.1 Å². The number of alkyl halides is 3. The molecule has 0 saturated heterocycles. The van der Waals surface area contributed by atoms with E-state index in [1.807, 2.05) is 0 Å². The minimum Gasteiger partial charge on any atom is -0.465 e. The Morgan fingerprint density at radius 1 is 1.00 bits per heavy atom. The van der Waals surface area contributed by atoms with Crippen molar-refractivity contribution in [2.45, 2.75) is 6.18 Å². The number of esters is 1. The number of hydrogen-bond acceptors (Lipinski definition) is 2. The van der Waals surface area contributed by atoms with Crippen LogP contribution in [0.5, 0.6) is 0 Å². The van der Waals surface area contributed by atoms with Gasteiger partial charge in [-0.1, -0.05) is 30.3 Å². The molecule has 0 N–H and O–H groups in total. The molecule has 2 rings (SSSR count). The van der Waals surface area contributed by atoms with E-state index in [0.29, 0.717) is 0 Å². The molecule has 0 bridgehead atoms. The molecule has 0 aliphatic carbocycles. The van der Waals surface area contributed by atoms with Gasteiger partial charge < -0.3 is 4.74 Å². The zero-order valence-electron chi connectivity index (χ0n) is 10.9. The lowest BCUT2D eigenvalue weighted by Crippen LogP contribution is -2.11. The summed E-state index contributed by atoms with van der Waals surface area (Å²) in [6.45, 7) is 0. The summed E-state index contributed by atoms with van der Waals surface area (Å²) in [5.41, 5.74) is -1.89. The van der Waals surface area contributed by atoms with Crippen molar-refractivity contribution in [1.82, 2.24) is 0 Å². The molecule has 6 heteroatoms. The molecule has 0 saturated carbocycles. The van der Waals surface area contributed by atoms with Crippen LogP contribution in [-0.2, 0) is 10.9 Å². The van der Waals surface area contributed by atoms with Crippen molar-refractivity contribution >= 4 is 5.97 Å². The van der Waals surface area contributed by atoms with Crippen molar-refractivity contribution in [3.05, 3.63) is 59.4 Å². The van der Waals surface area contributed by atoms with Crippen molar-refractivity contribution in [2.75, 3.05) is 7.11 Å². The van der Waals surface area contributed by atoms with Crippen LogP contribution in [0.15, 0.2) is 42.5 Å². The van der Waals surface area contributed by atoms with Crippen molar-refractivity contribution in [3.8, 4) is 11.1 Å². The van der Waals surface area contributed by atoms with Gasteiger partial charge in [0.15, 0.2) is 0 Å². The van der Waals surface area contributed by atoms with Gasteiger partial charge in [-0.15, -0.1) is 0 Å². The van der Waals surface area contributed by atoms with Crippen LogP contribution in [0, 0.1) is 5.82 Å². The first kappa shape index (κ1) is 15.0. The molecule has 2 nitrogen and oxygen atoms in total. The predicted octanol–water partition coefficient (Wildman–Crippen LogP) is 4.30. The maximum atomic E-state index is 13.8. The lowest BCUT2D eigenvalue weighted by molar-refractivity contribution is -0.137. The van der Waals surface area contributed by atoms with E-state index >= 15 is 0 Å². The Morgan fingerprint density at radius 2 is 1.62 bits per heavy atom. The van der Waals surface area contributed by atoms with E-state index in [1.54, 1.807) is 0 Å². The molecule has 0 radical (unpaired) electrons. The normalized spacial score (nSPS) is 11.3. The molecule has 0 atom stereocenters. The first-order valence-corrected chi connectivity index (χ1v) is 5.89. The fourth-order valence-electron chi connectivity index (χ4n) is 2.02. The molecule has 0 spiro atoms. The van der Waals surface area contributed by atoms with Crippen molar-refractivity contribution in [3.63, 3.8) is 0 Å². The van der Waals surface area contributed by atoms with E-state index in [0.717, 1.165) is 19.2 Å². The summed E-state index contributed by atoms with van der Waals surface area (Å²) >= 11 is 0. The molecule has 0 aliphatic heterocycles. The Hall–Kier alpha value is -2.37. The summed E-state index contributed by atoms with van der Waals surface area (Å²) in [7, 11) is 1.04. The molecule has 0 amide bonds. The van der Waals surface area contributed by atoms with Crippen LogP contribution >= 0.6 is 0 Å². The van der Waals surface area contributed by atoms with E-state index in [-0.39, 0.29) is 11.1 Å². The molecule has 0 unspecified atom stereocenters. The highest BCUT2D eigenvalue weighted by atomic mass is 19.4. The maximum absolute atomic E-state index is 13.8. The first-order valence-electron chi connectivity index (χ1n) is 5.89. The summed E-state index contributed by atoms with van der Waals surface area (Å²) in [5.74, 6) is -1.96. The Bertz CT molecular complexity index is 678. The SMILES string of the molecule is COC(=O)c1c(F)cccc1-c1ccccc1C(F)(F)F. The lowest BCUT2D eigenvalue weighted by atomic mass is 9.94. The van der Waals surface area contributed by atoms with Crippen molar-refractivity contribution in [2.24, 2.45) is 0 Å². The topological polar surface area (TPSA) is 26.3 Å². The second kappa shape index (κ2) is 5.55. The van der Waals surface area contributed by atoms with Crippen LogP contribution < -0.4 is 0 Å². The first-order chi connectivity index (χ1) is 9.86. The number of hydrogen-bond donors (Lipinski definition) is 0. The molecule has 2 aromatic carbocycles. The maximum Gasteiger partial charge on any atom is 0.417 e. The molecular formula is C15H10F4O2. The smallest absolute Gasteiger partial charge is 0.417 e. The van der Waals surface area contributed by atoms with E-state index in [9.17, 15) is 22.4 Å². The number of carbonyl (C=O) groups is 1. The monoisotopic (exact) mass is 298 g/mol. The highest BCUT2D eigenvalue weighted by Crippen LogP contribution is 2.38. The van der Waals surface area contributed by atoms with E-state index in [4.69, 9.17) is 0 Å². The third-order valence-electron chi connectivity index (χ3n) is 2.93. The molecule has 2 aromatic rings. The van der Waals surface area contributed by atoms with Crippen LogP contribution in [0.1, 0.15) is 15.9 Å². The zero-order chi connectivity index (χ0) is 15.6. The van der Waals surface area contributed by atoms with Gasteiger partial charge in [-0.05, 0) is 23.3 Å². The number of rotatable bonds is 2. The van der Waals surface area contributed by atoms with Crippen LogP contribution in [0.25, 0.3) is 11.1 Å². The quantitative estimate of drug-likeness (QED) is 0.610. The minimum absolute atomic E-state index is 0.158. The highest BCUT2D eigenvalue weighted by molar-refractivity contribution is 5.98. The second-order valence-electron chi connectivity index (χ2n) is 4.20. The van der Waals surface area contributed by atoms with E-state index in [1.165, 1.54) is 30.3 Å². The summed E-state index contributed by atoms with van der Waals surface area (Å²) in [6, 6.07) is 8.15. The predicted molar refractivity (Wildman–Crippen MR) is 68.2 cm³/mol. The van der Waals surface area contributed by atoms with Crippen LogP contribution in [0.4, 0.5) is 17.6 Å². The van der Waals surface area contributed by atoms with E-state index in [2.05, 4.69) is 4.74 Å². The van der Waals surface area contributed by atoms with Gasteiger partial charge in [-0.2, -0.15) is 13.2 Å². The largest absolute Gasteiger partial charge is 0.465 e. The fraction of sp³-hybridized carbons (Fsp3) is 0.133. The van der Waals surface area contributed by atoms with Gasteiger partial charge in [0, 0.05) is 0 Å². The van der Waals surface area contributed by atoms with Gasteiger partial charge in [0.05, 0.1) is 12.7 Å². The molecule has 0 aliphatic rings. The summed E-state index contributed by atoms with van der Waals surface area (Å²) in [5, 5.41) is 0. The van der Waals surface area contributed by atoms with Crippen LogP contribution in [0.2, 0.25) is 0 Å². The molecule has 0 heterocycles. The number of ether oxygens (including phenoxy) is 1. The molecular weight excluding hydrogens is 288 g/mol. The third-order valence-corrected chi connectivity index (χ3v) is 2.93.